The largest absolute Gasteiger partial charge is 0.487 e. The maximum Gasteiger partial charge on any atom is 0.410 e. The summed E-state index contributed by atoms with van der Waals surface area (Å²) in [6.45, 7) is 10.2. The number of carbonyl (C=O) groups is 2. The Labute approximate surface area is 246 Å². The van der Waals surface area contributed by atoms with Gasteiger partial charge in [0.15, 0.2) is 5.82 Å². The fraction of sp³-hybridized carbons (Fsp3) is 0.517. The molecule has 0 aliphatic carbocycles. The van der Waals surface area contributed by atoms with Crippen LogP contribution in [-0.2, 0) is 39.3 Å². The molecule has 2 amide bonds. The summed E-state index contributed by atoms with van der Waals surface area (Å²) >= 11 is 0. The number of carbonyl (C=O) groups excluding carboxylic acids is 2. The van der Waals surface area contributed by atoms with Gasteiger partial charge in [0, 0.05) is 57.9 Å². The molecule has 0 unspecified atom stereocenters. The zero-order valence-corrected chi connectivity index (χ0v) is 25.1. The number of nitrogens with one attached hydrogen (secondary N) is 1. The van der Waals surface area contributed by atoms with Crippen LogP contribution < -0.4 is 13.8 Å². The summed E-state index contributed by atoms with van der Waals surface area (Å²) in [5.74, 6) is -1.33. The van der Waals surface area contributed by atoms with E-state index in [4.69, 9.17) is 9.47 Å². The topological polar surface area (TPSA) is 112 Å². The highest BCUT2D eigenvalue weighted by Gasteiger charge is 2.39. The summed E-state index contributed by atoms with van der Waals surface area (Å²) in [5, 5.41) is 0. The molecule has 11 nitrogen and oxygen atoms in total. The summed E-state index contributed by atoms with van der Waals surface area (Å²) < 4.78 is 55.8. The predicted octanol–water partition coefficient (Wildman–Crippen LogP) is 2.50. The molecule has 0 saturated carbocycles. The van der Waals surface area contributed by atoms with Crippen molar-refractivity contribution >= 4 is 27.9 Å². The third-order valence-corrected chi connectivity index (χ3v) is 8.92. The lowest BCUT2D eigenvalue weighted by molar-refractivity contribution is -0.117. The molecular weight excluding hydrogens is 565 g/mol. The van der Waals surface area contributed by atoms with Gasteiger partial charge in [0.05, 0.1) is 0 Å². The first-order chi connectivity index (χ1) is 19.9. The minimum Gasteiger partial charge on any atom is -0.487 e. The second-order valence-electron chi connectivity index (χ2n) is 11.8. The molecule has 2 aromatic carbocycles. The van der Waals surface area contributed by atoms with E-state index in [9.17, 15) is 18.0 Å². The van der Waals surface area contributed by atoms with Crippen LogP contribution in [0, 0.1) is 5.82 Å². The number of nitrogens with zero attached hydrogens (tertiary/aromatic N) is 4. The molecule has 0 radical (unpaired) electrons. The number of fused-ring (bicyclic) bond motifs is 1. The molecule has 3 aliphatic rings. The number of amides is 2. The third-order valence-electron chi connectivity index (χ3n) is 7.54. The minimum atomic E-state index is -4.25. The molecule has 13 heteroatoms. The molecule has 0 atom stereocenters. The fourth-order valence-electron chi connectivity index (χ4n) is 5.36. The molecule has 228 valence electrons. The Bertz CT molecular complexity index is 1420. The van der Waals surface area contributed by atoms with Gasteiger partial charge in [-0.05, 0) is 44.4 Å². The van der Waals surface area contributed by atoms with Crippen molar-refractivity contribution in [3.63, 3.8) is 0 Å². The highest BCUT2D eigenvalue weighted by Crippen LogP contribution is 2.40. The van der Waals surface area contributed by atoms with Crippen LogP contribution in [0.5, 0.6) is 5.75 Å². The average Bonchev–Trinajstić information content (AvgIpc) is 3.21. The molecule has 0 spiro atoms. The van der Waals surface area contributed by atoms with Crippen LogP contribution in [0.4, 0.5) is 14.9 Å². The average molecular weight is 604 g/mol. The summed E-state index contributed by atoms with van der Waals surface area (Å²) in [7, 11) is -4.25. The van der Waals surface area contributed by atoms with Crippen LogP contribution in [-0.4, -0.2) is 93.1 Å². The van der Waals surface area contributed by atoms with Crippen molar-refractivity contribution in [1.82, 2.24) is 19.4 Å². The zero-order chi connectivity index (χ0) is 30.1. The van der Waals surface area contributed by atoms with Gasteiger partial charge in [0.2, 0.25) is 0 Å². The van der Waals surface area contributed by atoms with Crippen LogP contribution in [0.2, 0.25) is 0 Å². The number of benzene rings is 2. The molecule has 2 aromatic rings. The Morgan fingerprint density at radius 2 is 1.69 bits per heavy atom. The zero-order valence-electron chi connectivity index (χ0n) is 24.3. The number of halogens is 1. The summed E-state index contributed by atoms with van der Waals surface area (Å²) in [5.41, 5.74) is 1.24. The highest BCUT2D eigenvalue weighted by atomic mass is 32.2. The predicted molar refractivity (Wildman–Crippen MR) is 155 cm³/mol. The second kappa shape index (κ2) is 12.1. The SMILES string of the molecule is CC(C)(C)OC(=O)N1CCN(CCN2CCc3cc(OCc4ccccc4)c(N4CC(=O)NS4(=O)=O)c(F)c3C2)CC1. The van der Waals surface area contributed by atoms with Crippen molar-refractivity contribution in [3.05, 3.63) is 58.9 Å². The van der Waals surface area contributed by atoms with E-state index >= 15 is 4.39 Å². The first-order valence-electron chi connectivity index (χ1n) is 14.2. The van der Waals surface area contributed by atoms with E-state index in [0.717, 1.165) is 35.1 Å². The lowest BCUT2D eigenvalue weighted by Crippen LogP contribution is -2.51. The maximum atomic E-state index is 16.3. The molecule has 42 heavy (non-hydrogen) atoms. The second-order valence-corrected chi connectivity index (χ2v) is 13.4. The normalized spacial score (nSPS) is 19.4. The summed E-state index contributed by atoms with van der Waals surface area (Å²) in [4.78, 5) is 30.5. The molecule has 3 aliphatic heterocycles. The van der Waals surface area contributed by atoms with Crippen LogP contribution in [0.1, 0.15) is 37.5 Å². The van der Waals surface area contributed by atoms with E-state index in [1.807, 2.05) is 55.8 Å². The maximum absolute atomic E-state index is 16.3. The van der Waals surface area contributed by atoms with E-state index < -0.39 is 34.1 Å². The number of piperazine rings is 1. The number of hydrogen-bond donors (Lipinski definition) is 1. The smallest absolute Gasteiger partial charge is 0.410 e. The molecule has 0 bridgehead atoms. The van der Waals surface area contributed by atoms with Gasteiger partial charge in [-0.25, -0.2) is 18.2 Å². The van der Waals surface area contributed by atoms with Crippen molar-refractivity contribution in [1.29, 1.82) is 0 Å². The highest BCUT2D eigenvalue weighted by molar-refractivity contribution is 7.92. The van der Waals surface area contributed by atoms with Gasteiger partial charge in [-0.3, -0.25) is 14.6 Å². The van der Waals surface area contributed by atoms with E-state index in [0.29, 0.717) is 44.7 Å². The molecule has 3 heterocycles. The van der Waals surface area contributed by atoms with Crippen LogP contribution in [0.25, 0.3) is 0 Å². The van der Waals surface area contributed by atoms with Gasteiger partial charge in [-0.2, -0.15) is 8.42 Å². The summed E-state index contributed by atoms with van der Waals surface area (Å²) in [6, 6.07) is 11.0. The van der Waals surface area contributed by atoms with E-state index in [2.05, 4.69) is 9.80 Å². The third kappa shape index (κ3) is 6.96. The molecule has 0 aromatic heterocycles. The Morgan fingerprint density at radius 1 is 1.00 bits per heavy atom. The number of ether oxygens (including phenoxy) is 2. The lowest BCUT2D eigenvalue weighted by atomic mass is 9.97. The van der Waals surface area contributed by atoms with Crippen molar-refractivity contribution in [2.45, 2.75) is 45.9 Å². The van der Waals surface area contributed by atoms with Gasteiger partial charge in [0.1, 0.15) is 30.2 Å². The van der Waals surface area contributed by atoms with Gasteiger partial charge in [-0.15, -0.1) is 0 Å². The van der Waals surface area contributed by atoms with E-state index in [1.165, 1.54) is 0 Å². The van der Waals surface area contributed by atoms with Gasteiger partial charge in [0.25, 0.3) is 5.91 Å². The van der Waals surface area contributed by atoms with Crippen LogP contribution in [0.15, 0.2) is 36.4 Å². The van der Waals surface area contributed by atoms with Gasteiger partial charge < -0.3 is 14.4 Å². The molecule has 2 fully saturated rings. The Balaban J connectivity index is 1.27. The lowest BCUT2D eigenvalue weighted by Gasteiger charge is -2.37. The molecule has 2 saturated heterocycles. The molecule has 1 N–H and O–H groups in total. The fourth-order valence-corrected chi connectivity index (χ4v) is 6.52. The standard InChI is InChI=1S/C29H38FN5O6S/c1-29(2,3)41-28(37)34-15-13-32(14-16-34)11-12-33-10-9-22-17-24(40-20-21-7-5-4-6-8-21)27(26(30)23(22)18-33)35-19-25(36)31-42(35,38)39/h4-8,17H,9-16,18-20H2,1-3H3,(H,31,36). The molecular formula is C29H38FN5O6S. The monoisotopic (exact) mass is 603 g/mol. The first-order valence-corrected chi connectivity index (χ1v) is 15.6. The van der Waals surface area contributed by atoms with Crippen LogP contribution >= 0.6 is 0 Å². The molecule has 5 rings (SSSR count). The number of rotatable bonds is 7. The van der Waals surface area contributed by atoms with E-state index in [-0.39, 0.29) is 24.1 Å². The quantitative estimate of drug-likeness (QED) is 0.514. The van der Waals surface area contributed by atoms with E-state index in [1.54, 1.807) is 11.0 Å². The number of hydrogen-bond acceptors (Lipinski definition) is 8. The van der Waals surface area contributed by atoms with Crippen molar-refractivity contribution in [3.8, 4) is 5.75 Å². The summed E-state index contributed by atoms with van der Waals surface area (Å²) in [6.07, 6.45) is 0.273. The van der Waals surface area contributed by atoms with Crippen LogP contribution in [0.3, 0.4) is 0 Å². The number of anilines is 1. The Morgan fingerprint density at radius 3 is 2.33 bits per heavy atom. The Kier molecular flexibility index (Phi) is 8.63. The van der Waals surface area contributed by atoms with Crippen molar-refractivity contribution < 1.29 is 31.9 Å². The van der Waals surface area contributed by atoms with Crippen molar-refractivity contribution in [2.75, 3.05) is 56.7 Å². The Hall–Kier alpha value is -3.42. The van der Waals surface area contributed by atoms with Crippen molar-refractivity contribution in [2.24, 2.45) is 0 Å². The minimum absolute atomic E-state index is 0.0893. The van der Waals surface area contributed by atoms with Gasteiger partial charge in [-0.1, -0.05) is 30.3 Å². The first kappa shape index (κ1) is 30.1. The van der Waals surface area contributed by atoms with Gasteiger partial charge >= 0.3 is 16.3 Å².